The van der Waals surface area contributed by atoms with Gasteiger partial charge in [0.1, 0.15) is 0 Å². The van der Waals surface area contributed by atoms with E-state index in [-0.39, 0.29) is 5.78 Å². The van der Waals surface area contributed by atoms with Gasteiger partial charge in [0.2, 0.25) is 0 Å². The number of Topliss-reactive ketones (excluding diaryl/α,β-unsaturated/α-hetero) is 1. The van der Waals surface area contributed by atoms with Crippen molar-refractivity contribution in [3.8, 4) is 0 Å². The molecule has 0 saturated heterocycles. The van der Waals surface area contributed by atoms with Crippen molar-refractivity contribution in [1.82, 2.24) is 9.55 Å². The van der Waals surface area contributed by atoms with Crippen molar-refractivity contribution in [3.63, 3.8) is 0 Å². The third-order valence-corrected chi connectivity index (χ3v) is 3.77. The Hall–Kier alpha value is -2.13. The highest BCUT2D eigenvalue weighted by Gasteiger charge is 2.12. The highest BCUT2D eigenvalue weighted by Crippen LogP contribution is 2.26. The Morgan fingerprint density at radius 3 is 2.81 bits per heavy atom. The fourth-order valence-electron chi connectivity index (χ4n) is 2.58. The maximum Gasteiger partial charge on any atom is 0.161 e. The third-order valence-electron chi connectivity index (χ3n) is 3.54. The molecule has 2 aromatic heterocycles. The molecular formula is C17H15ClN2O. The molecule has 3 aromatic rings. The predicted octanol–water partition coefficient (Wildman–Crippen LogP) is 4.25. The minimum absolute atomic E-state index is 0.0620. The maximum atomic E-state index is 11.8. The van der Waals surface area contributed by atoms with Crippen molar-refractivity contribution >= 4 is 28.3 Å². The van der Waals surface area contributed by atoms with E-state index in [1.165, 1.54) is 0 Å². The van der Waals surface area contributed by atoms with Crippen molar-refractivity contribution in [3.05, 3.63) is 64.6 Å². The van der Waals surface area contributed by atoms with Gasteiger partial charge in [-0.1, -0.05) is 17.7 Å². The Morgan fingerprint density at radius 1 is 1.29 bits per heavy atom. The molecule has 106 valence electrons. The first-order valence-electron chi connectivity index (χ1n) is 6.75. The van der Waals surface area contributed by atoms with Crippen molar-refractivity contribution in [2.24, 2.45) is 0 Å². The van der Waals surface area contributed by atoms with E-state index in [0.717, 1.165) is 27.7 Å². The van der Waals surface area contributed by atoms with Crippen LogP contribution in [0.1, 0.15) is 28.5 Å². The van der Waals surface area contributed by atoms with E-state index in [1.807, 2.05) is 43.5 Å². The molecule has 0 amide bonds. The van der Waals surface area contributed by atoms with Gasteiger partial charge in [0, 0.05) is 40.6 Å². The fourth-order valence-corrected chi connectivity index (χ4v) is 2.74. The van der Waals surface area contributed by atoms with E-state index < -0.39 is 0 Å². The van der Waals surface area contributed by atoms with Gasteiger partial charge in [-0.3, -0.25) is 9.78 Å². The number of aryl methyl sites for hydroxylation is 1. The number of ketones is 1. The summed E-state index contributed by atoms with van der Waals surface area (Å²) in [7, 11) is 0. The second kappa shape index (κ2) is 5.34. The van der Waals surface area contributed by atoms with Crippen molar-refractivity contribution in [2.75, 3.05) is 0 Å². The molecule has 0 atom stereocenters. The third kappa shape index (κ3) is 2.69. The van der Waals surface area contributed by atoms with Crippen LogP contribution in [0.2, 0.25) is 5.02 Å². The predicted molar refractivity (Wildman–Crippen MR) is 85.0 cm³/mol. The number of pyridine rings is 1. The van der Waals surface area contributed by atoms with Crippen LogP contribution in [0.15, 0.2) is 42.7 Å². The van der Waals surface area contributed by atoms with E-state index in [4.69, 9.17) is 11.6 Å². The Balaban J connectivity index is 2.13. The van der Waals surface area contributed by atoms with Gasteiger partial charge in [-0.25, -0.2) is 0 Å². The van der Waals surface area contributed by atoms with Gasteiger partial charge in [0.25, 0.3) is 0 Å². The number of carbonyl (C=O) groups excluding carboxylic acids is 1. The van der Waals surface area contributed by atoms with Crippen LogP contribution >= 0.6 is 11.6 Å². The number of fused-ring (bicyclic) bond motifs is 1. The summed E-state index contributed by atoms with van der Waals surface area (Å²) in [5.41, 5.74) is 3.83. The maximum absolute atomic E-state index is 11.8. The number of nitrogens with zero attached hydrogens (tertiary/aromatic N) is 2. The number of hydrogen-bond donors (Lipinski definition) is 0. The van der Waals surface area contributed by atoms with Gasteiger partial charge >= 0.3 is 0 Å². The molecule has 4 heteroatoms. The second-order valence-electron chi connectivity index (χ2n) is 5.19. The summed E-state index contributed by atoms with van der Waals surface area (Å²) < 4.78 is 2.06. The van der Waals surface area contributed by atoms with Crippen LogP contribution in [0.25, 0.3) is 10.9 Å². The monoisotopic (exact) mass is 298 g/mol. The fraction of sp³-hybridized carbons (Fsp3) is 0.176. The highest BCUT2D eigenvalue weighted by atomic mass is 35.5. The van der Waals surface area contributed by atoms with Gasteiger partial charge < -0.3 is 4.57 Å². The molecule has 0 aliphatic heterocycles. The summed E-state index contributed by atoms with van der Waals surface area (Å²) in [4.78, 5) is 16.0. The zero-order valence-electron chi connectivity index (χ0n) is 11.9. The molecule has 0 N–H and O–H groups in total. The molecule has 0 saturated carbocycles. The lowest BCUT2D eigenvalue weighted by Crippen LogP contribution is -1.99. The Morgan fingerprint density at radius 2 is 2.10 bits per heavy atom. The lowest BCUT2D eigenvalue weighted by atomic mass is 10.1. The Labute approximate surface area is 128 Å². The first kappa shape index (κ1) is 13.8. The number of hydrogen-bond acceptors (Lipinski definition) is 2. The molecular weight excluding hydrogens is 284 g/mol. The smallest absolute Gasteiger partial charge is 0.161 e. The normalized spacial score (nSPS) is 11.0. The van der Waals surface area contributed by atoms with Crippen molar-refractivity contribution < 1.29 is 4.79 Å². The van der Waals surface area contributed by atoms with E-state index in [0.29, 0.717) is 11.6 Å². The van der Waals surface area contributed by atoms with Gasteiger partial charge in [0.05, 0.1) is 5.52 Å². The molecule has 0 radical (unpaired) electrons. The number of aromatic nitrogens is 2. The van der Waals surface area contributed by atoms with Crippen LogP contribution in [-0.2, 0) is 6.54 Å². The van der Waals surface area contributed by atoms with Gasteiger partial charge in [0.15, 0.2) is 5.78 Å². The molecule has 21 heavy (non-hydrogen) atoms. The van der Waals surface area contributed by atoms with E-state index in [1.54, 1.807) is 13.1 Å². The average Bonchev–Trinajstić information content (AvgIpc) is 2.77. The summed E-state index contributed by atoms with van der Waals surface area (Å²) in [6.45, 7) is 4.24. The van der Waals surface area contributed by atoms with Crippen LogP contribution in [0.5, 0.6) is 0 Å². The number of benzene rings is 1. The average molecular weight is 299 g/mol. The first-order valence-corrected chi connectivity index (χ1v) is 7.13. The quantitative estimate of drug-likeness (QED) is 0.678. The largest absolute Gasteiger partial charge is 0.342 e. The molecule has 0 unspecified atom stereocenters. The lowest BCUT2D eigenvalue weighted by Gasteiger charge is -2.06. The van der Waals surface area contributed by atoms with Crippen molar-refractivity contribution in [2.45, 2.75) is 20.4 Å². The highest BCUT2D eigenvalue weighted by molar-refractivity contribution is 6.31. The molecule has 3 rings (SSSR count). The van der Waals surface area contributed by atoms with Crippen LogP contribution in [0.4, 0.5) is 0 Å². The van der Waals surface area contributed by atoms with Gasteiger partial charge in [-0.15, -0.1) is 0 Å². The van der Waals surface area contributed by atoms with Gasteiger partial charge in [-0.05, 0) is 43.7 Å². The molecule has 0 aliphatic rings. The minimum atomic E-state index is 0.0620. The molecule has 2 heterocycles. The standard InChI is InChI=1S/C17H15ClN2O/c1-11-7-13(5-6-19-11)9-20-10-16(12(2)21)15-4-3-14(18)8-17(15)20/h3-8,10H,9H2,1-2H3. The number of halogens is 1. The molecule has 1 aromatic carbocycles. The summed E-state index contributed by atoms with van der Waals surface area (Å²) in [6, 6.07) is 9.65. The number of carbonyl (C=O) groups is 1. The van der Waals surface area contributed by atoms with E-state index in [2.05, 4.69) is 9.55 Å². The number of rotatable bonds is 3. The lowest BCUT2D eigenvalue weighted by molar-refractivity contribution is 0.101. The van der Waals surface area contributed by atoms with E-state index in [9.17, 15) is 4.79 Å². The Kier molecular flexibility index (Phi) is 3.52. The van der Waals surface area contributed by atoms with Crippen molar-refractivity contribution in [1.29, 1.82) is 0 Å². The molecule has 3 nitrogen and oxygen atoms in total. The summed E-state index contributed by atoms with van der Waals surface area (Å²) in [5.74, 6) is 0.0620. The Bertz CT molecular complexity index is 836. The van der Waals surface area contributed by atoms with Crippen LogP contribution in [0.3, 0.4) is 0 Å². The molecule has 0 bridgehead atoms. The van der Waals surface area contributed by atoms with E-state index >= 15 is 0 Å². The molecule has 0 fully saturated rings. The SMILES string of the molecule is CC(=O)c1cn(Cc2ccnc(C)c2)c2cc(Cl)ccc12. The zero-order valence-corrected chi connectivity index (χ0v) is 12.7. The second-order valence-corrected chi connectivity index (χ2v) is 5.63. The first-order chi connectivity index (χ1) is 10.0. The summed E-state index contributed by atoms with van der Waals surface area (Å²) >= 11 is 6.10. The van der Waals surface area contributed by atoms with Crippen LogP contribution < -0.4 is 0 Å². The topological polar surface area (TPSA) is 34.9 Å². The summed E-state index contributed by atoms with van der Waals surface area (Å²) in [6.07, 6.45) is 3.70. The zero-order chi connectivity index (χ0) is 15.0. The minimum Gasteiger partial charge on any atom is -0.342 e. The van der Waals surface area contributed by atoms with Crippen LogP contribution in [-0.4, -0.2) is 15.3 Å². The summed E-state index contributed by atoms with van der Waals surface area (Å²) in [5, 5.41) is 1.61. The molecule has 0 aliphatic carbocycles. The van der Waals surface area contributed by atoms with Crippen LogP contribution in [0, 0.1) is 6.92 Å². The van der Waals surface area contributed by atoms with Gasteiger partial charge in [-0.2, -0.15) is 0 Å². The molecule has 0 spiro atoms.